The van der Waals surface area contributed by atoms with E-state index in [9.17, 15) is 0 Å². The van der Waals surface area contributed by atoms with E-state index in [1.807, 2.05) is 6.07 Å². The van der Waals surface area contributed by atoms with Gasteiger partial charge in [0.25, 0.3) is 0 Å². The van der Waals surface area contributed by atoms with E-state index in [-0.39, 0.29) is 5.41 Å². The minimum Gasteiger partial charge on any atom is -0.456 e. The van der Waals surface area contributed by atoms with Gasteiger partial charge in [-0.1, -0.05) is 98.8 Å². The molecule has 152 valence electrons. The van der Waals surface area contributed by atoms with E-state index in [0.29, 0.717) is 0 Å². The Hall–Kier alpha value is -3.84. The smallest absolute Gasteiger partial charge is 0.135 e. The van der Waals surface area contributed by atoms with E-state index in [0.717, 1.165) is 17.1 Å². The second-order valence-corrected chi connectivity index (χ2v) is 9.34. The number of hydrogen-bond acceptors (Lipinski definition) is 1. The molecular formula is C31H22O. The third kappa shape index (κ3) is 2.18. The maximum absolute atomic E-state index is 6.32. The van der Waals surface area contributed by atoms with Crippen molar-refractivity contribution in [1.82, 2.24) is 0 Å². The normalized spacial score (nSPS) is 14.4. The van der Waals surface area contributed by atoms with Gasteiger partial charge in [0.05, 0.1) is 0 Å². The maximum Gasteiger partial charge on any atom is 0.135 e. The van der Waals surface area contributed by atoms with E-state index in [2.05, 4.69) is 105 Å². The SMILES string of the molecule is CC1(C)c2ccccc2-c2cccc(-c3ccc4c5c(cccc35)-c3ccccc3O4)c21. The van der Waals surface area contributed by atoms with Crippen LogP contribution in [0.4, 0.5) is 0 Å². The van der Waals surface area contributed by atoms with Gasteiger partial charge in [-0.25, -0.2) is 0 Å². The first-order valence-corrected chi connectivity index (χ1v) is 11.2. The van der Waals surface area contributed by atoms with Crippen LogP contribution in [0.2, 0.25) is 0 Å². The Morgan fingerprint density at radius 3 is 2.03 bits per heavy atom. The predicted octanol–water partition coefficient (Wildman–Crippen LogP) is 8.59. The number of fused-ring (bicyclic) bond motifs is 5. The molecule has 0 N–H and O–H groups in total. The van der Waals surface area contributed by atoms with Crippen molar-refractivity contribution in [3.8, 4) is 44.9 Å². The first kappa shape index (κ1) is 17.8. The Labute approximate surface area is 187 Å². The molecule has 0 unspecified atom stereocenters. The van der Waals surface area contributed by atoms with Gasteiger partial charge in [-0.2, -0.15) is 0 Å². The van der Waals surface area contributed by atoms with E-state index >= 15 is 0 Å². The highest BCUT2D eigenvalue weighted by Gasteiger charge is 2.37. The van der Waals surface area contributed by atoms with Gasteiger partial charge in [0.1, 0.15) is 11.5 Å². The van der Waals surface area contributed by atoms with Gasteiger partial charge < -0.3 is 4.74 Å². The van der Waals surface area contributed by atoms with Gasteiger partial charge in [-0.3, -0.25) is 0 Å². The molecule has 0 radical (unpaired) electrons. The predicted molar refractivity (Wildman–Crippen MR) is 132 cm³/mol. The molecule has 7 rings (SSSR count). The van der Waals surface area contributed by atoms with Gasteiger partial charge in [-0.05, 0) is 56.5 Å². The Kier molecular flexibility index (Phi) is 3.40. The highest BCUT2D eigenvalue weighted by molar-refractivity contribution is 6.10. The van der Waals surface area contributed by atoms with Crippen molar-refractivity contribution in [1.29, 1.82) is 0 Å². The van der Waals surface area contributed by atoms with Crippen LogP contribution in [-0.2, 0) is 5.41 Å². The average molecular weight is 411 g/mol. The summed E-state index contributed by atoms with van der Waals surface area (Å²) >= 11 is 0. The summed E-state index contributed by atoms with van der Waals surface area (Å²) in [5.41, 5.74) is 10.5. The molecule has 5 aromatic rings. The van der Waals surface area contributed by atoms with Crippen molar-refractivity contribution in [2.24, 2.45) is 0 Å². The van der Waals surface area contributed by atoms with E-state index in [1.54, 1.807) is 0 Å². The third-order valence-corrected chi connectivity index (χ3v) is 7.27. The lowest BCUT2D eigenvalue weighted by atomic mass is 9.78. The second kappa shape index (κ2) is 6.11. The Bertz CT molecular complexity index is 1570. The van der Waals surface area contributed by atoms with Crippen LogP contribution in [0, 0.1) is 0 Å². The highest BCUT2D eigenvalue weighted by atomic mass is 16.5. The number of rotatable bonds is 1. The molecule has 0 aromatic heterocycles. The molecule has 1 heteroatoms. The molecule has 0 bridgehead atoms. The van der Waals surface area contributed by atoms with Crippen molar-refractivity contribution < 1.29 is 4.74 Å². The summed E-state index contributed by atoms with van der Waals surface area (Å²) < 4.78 is 6.32. The van der Waals surface area contributed by atoms with Crippen LogP contribution in [0.1, 0.15) is 25.0 Å². The number of hydrogen-bond donors (Lipinski definition) is 0. The van der Waals surface area contributed by atoms with Crippen LogP contribution in [0.5, 0.6) is 11.5 Å². The van der Waals surface area contributed by atoms with Crippen LogP contribution in [0.3, 0.4) is 0 Å². The molecule has 0 saturated carbocycles. The molecule has 2 aliphatic rings. The molecule has 1 aliphatic heterocycles. The van der Waals surface area contributed by atoms with Crippen molar-refractivity contribution >= 4 is 10.8 Å². The molecule has 1 aliphatic carbocycles. The minimum atomic E-state index is -0.0503. The minimum absolute atomic E-state index is 0.0503. The van der Waals surface area contributed by atoms with Crippen molar-refractivity contribution in [3.05, 3.63) is 108 Å². The van der Waals surface area contributed by atoms with E-state index < -0.39 is 0 Å². The van der Waals surface area contributed by atoms with Gasteiger partial charge in [0.15, 0.2) is 0 Å². The third-order valence-electron chi connectivity index (χ3n) is 7.27. The van der Waals surface area contributed by atoms with Gasteiger partial charge in [0, 0.05) is 16.4 Å². The lowest BCUT2D eigenvalue weighted by Gasteiger charge is -2.26. The molecule has 0 spiro atoms. The Morgan fingerprint density at radius 2 is 1.16 bits per heavy atom. The zero-order valence-electron chi connectivity index (χ0n) is 18.1. The van der Waals surface area contributed by atoms with Gasteiger partial charge in [0.2, 0.25) is 0 Å². The Morgan fingerprint density at radius 1 is 0.500 bits per heavy atom. The summed E-state index contributed by atoms with van der Waals surface area (Å²) in [5.74, 6) is 1.87. The van der Waals surface area contributed by atoms with E-state index in [4.69, 9.17) is 4.74 Å². The topological polar surface area (TPSA) is 9.23 Å². The van der Waals surface area contributed by atoms with Crippen LogP contribution >= 0.6 is 0 Å². The molecule has 1 heterocycles. The molecule has 0 amide bonds. The first-order chi connectivity index (χ1) is 15.6. The lowest BCUT2D eigenvalue weighted by Crippen LogP contribution is -2.16. The van der Waals surface area contributed by atoms with Crippen molar-refractivity contribution in [3.63, 3.8) is 0 Å². The molecule has 32 heavy (non-hydrogen) atoms. The summed E-state index contributed by atoms with van der Waals surface area (Å²) in [5, 5.41) is 2.45. The standard InChI is InChI=1S/C31H22O/c1-31(2)26-15-5-3-9-20(26)25-14-8-13-24(30(25)31)19-17-18-28-29-22(19)11-7-12-23(29)21-10-4-6-16-27(21)32-28/h3-18H,1-2H3. The maximum atomic E-state index is 6.32. The van der Waals surface area contributed by atoms with Crippen LogP contribution < -0.4 is 4.74 Å². The fourth-order valence-electron chi connectivity index (χ4n) is 5.89. The summed E-state index contributed by atoms with van der Waals surface area (Å²) in [7, 11) is 0. The Balaban J connectivity index is 1.55. The zero-order chi connectivity index (χ0) is 21.4. The molecule has 0 atom stereocenters. The monoisotopic (exact) mass is 410 g/mol. The fraction of sp³-hybridized carbons (Fsp3) is 0.0968. The number of ether oxygens (including phenoxy) is 1. The largest absolute Gasteiger partial charge is 0.456 e. The second-order valence-electron chi connectivity index (χ2n) is 9.34. The number of benzene rings is 5. The van der Waals surface area contributed by atoms with Gasteiger partial charge >= 0.3 is 0 Å². The molecular weight excluding hydrogens is 388 g/mol. The summed E-state index contributed by atoms with van der Waals surface area (Å²) in [6.07, 6.45) is 0. The first-order valence-electron chi connectivity index (χ1n) is 11.2. The van der Waals surface area contributed by atoms with Gasteiger partial charge in [-0.15, -0.1) is 0 Å². The lowest BCUT2D eigenvalue weighted by molar-refractivity contribution is 0.487. The van der Waals surface area contributed by atoms with Crippen molar-refractivity contribution in [2.45, 2.75) is 19.3 Å². The molecule has 0 saturated heterocycles. The summed E-state index contributed by atoms with van der Waals surface area (Å²) in [6, 6.07) is 34.9. The quantitative estimate of drug-likeness (QED) is 0.264. The summed E-state index contributed by atoms with van der Waals surface area (Å²) in [6.45, 7) is 4.71. The molecule has 0 fully saturated rings. The number of para-hydroxylation sites is 1. The molecule has 5 aromatic carbocycles. The summed E-state index contributed by atoms with van der Waals surface area (Å²) in [4.78, 5) is 0. The van der Waals surface area contributed by atoms with Crippen molar-refractivity contribution in [2.75, 3.05) is 0 Å². The highest BCUT2D eigenvalue weighted by Crippen LogP contribution is 2.54. The zero-order valence-corrected chi connectivity index (χ0v) is 18.1. The van der Waals surface area contributed by atoms with Crippen LogP contribution in [0.25, 0.3) is 44.2 Å². The van der Waals surface area contributed by atoms with Crippen LogP contribution in [0.15, 0.2) is 97.1 Å². The molecule has 1 nitrogen and oxygen atoms in total. The fourth-order valence-corrected chi connectivity index (χ4v) is 5.89. The van der Waals surface area contributed by atoms with Crippen LogP contribution in [-0.4, -0.2) is 0 Å². The van der Waals surface area contributed by atoms with E-state index in [1.165, 1.54) is 49.7 Å². The average Bonchev–Trinajstić information content (AvgIpc) is 3.07.